The van der Waals surface area contributed by atoms with E-state index in [1.54, 1.807) is 33.9 Å². The van der Waals surface area contributed by atoms with E-state index < -0.39 is 23.6 Å². The lowest BCUT2D eigenvalue weighted by Crippen LogP contribution is -2.64. The van der Waals surface area contributed by atoms with E-state index >= 15 is 0 Å². The van der Waals surface area contributed by atoms with Crippen LogP contribution in [0.3, 0.4) is 0 Å². The van der Waals surface area contributed by atoms with Crippen LogP contribution in [0.15, 0.2) is 84.6 Å². The topological polar surface area (TPSA) is 96.2 Å². The number of hydrogen-bond acceptors (Lipinski definition) is 6. The Kier molecular flexibility index (Phi) is 11.2. The van der Waals surface area contributed by atoms with Crippen LogP contribution in [-0.2, 0) is 27.2 Å². The highest BCUT2D eigenvalue weighted by Gasteiger charge is 2.49. The number of amides is 2. The minimum absolute atomic E-state index is 0.0477. The first-order chi connectivity index (χ1) is 21.4. The van der Waals surface area contributed by atoms with Crippen molar-refractivity contribution in [2.75, 3.05) is 34.2 Å². The number of ether oxygens (including phenoxy) is 1. The molecule has 8 heteroatoms. The third kappa shape index (κ3) is 8.18. The van der Waals surface area contributed by atoms with Gasteiger partial charge < -0.3 is 25.2 Å². The Hall–Kier alpha value is -4.01. The Balaban J connectivity index is 1.73. The molecular weight excluding hydrogens is 564 g/mol. The molecule has 0 spiro atoms. The van der Waals surface area contributed by atoms with Crippen LogP contribution in [0.1, 0.15) is 44.7 Å². The molecule has 1 unspecified atom stereocenters. The molecule has 240 valence electrons. The number of nitrogens with zero attached hydrogens (tertiary/aromatic N) is 3. The van der Waals surface area contributed by atoms with Crippen molar-refractivity contribution in [3.63, 3.8) is 0 Å². The zero-order valence-electron chi connectivity index (χ0n) is 27.5. The molecule has 1 saturated heterocycles. The van der Waals surface area contributed by atoms with Crippen molar-refractivity contribution in [3.8, 4) is 0 Å². The molecule has 0 aliphatic carbocycles. The zero-order valence-corrected chi connectivity index (χ0v) is 27.5. The number of likely N-dealkylation sites (N-methyl/N-ethyl adjacent to an activating group) is 2. The summed E-state index contributed by atoms with van der Waals surface area (Å²) in [4.78, 5) is 47.9. The average molecular weight is 613 g/mol. The quantitative estimate of drug-likeness (QED) is 0.274. The summed E-state index contributed by atoms with van der Waals surface area (Å²) in [6.07, 6.45) is 3.36. The van der Waals surface area contributed by atoms with Crippen LogP contribution in [0.25, 0.3) is 10.8 Å². The molecule has 0 bridgehead atoms. The van der Waals surface area contributed by atoms with Gasteiger partial charge >= 0.3 is 6.09 Å². The second kappa shape index (κ2) is 14.8. The predicted molar refractivity (Wildman–Crippen MR) is 180 cm³/mol. The largest absolute Gasteiger partial charge is 0.415 e. The summed E-state index contributed by atoms with van der Waals surface area (Å²) in [7, 11) is 5.56. The van der Waals surface area contributed by atoms with Gasteiger partial charge in [0, 0.05) is 32.6 Å². The Bertz CT molecular complexity index is 1520. The lowest BCUT2D eigenvalue weighted by Gasteiger charge is -2.40. The number of benzene rings is 3. The monoisotopic (exact) mass is 612 g/mol. The summed E-state index contributed by atoms with van der Waals surface area (Å²) < 4.78 is 5.52. The molecule has 3 aromatic rings. The van der Waals surface area contributed by atoms with Crippen LogP contribution < -0.4 is 5.73 Å². The van der Waals surface area contributed by atoms with Crippen LogP contribution in [0, 0.1) is 5.92 Å². The fourth-order valence-corrected chi connectivity index (χ4v) is 6.26. The van der Waals surface area contributed by atoms with Gasteiger partial charge in [-0.2, -0.15) is 0 Å². The first-order valence-electron chi connectivity index (χ1n) is 15.8. The third-order valence-electron chi connectivity index (χ3n) is 9.03. The van der Waals surface area contributed by atoms with Crippen LogP contribution in [0.2, 0.25) is 0 Å². The standard InChI is InChI=1S/C37H48N4O4/c1-7-26(2)45-36(44)40(6)33(24-28-19-20-29-16-11-12-17-30(29)22-28)34(42)37(3,38)32(23-27-14-9-8-10-15-27)35(43)41-21-13-18-31(41)25-39(4)5/h7-12,14-17,19-20,22,31-33H,13,18,21,23-25,38H2,1-6H3/b26-7-/t31-,32+,33+,37?/m0/s1. The van der Waals surface area contributed by atoms with Gasteiger partial charge in [-0.05, 0) is 82.1 Å². The molecule has 3 aromatic carbocycles. The Morgan fingerprint density at radius 2 is 1.64 bits per heavy atom. The number of ketones is 1. The second-order valence-corrected chi connectivity index (χ2v) is 12.8. The normalized spacial score (nSPS) is 18.0. The molecule has 0 aromatic heterocycles. The summed E-state index contributed by atoms with van der Waals surface area (Å²) in [6.45, 7) is 6.49. The summed E-state index contributed by atoms with van der Waals surface area (Å²) >= 11 is 0. The molecule has 4 atom stereocenters. The van der Waals surface area contributed by atoms with Crippen LogP contribution in [-0.4, -0.2) is 84.3 Å². The maximum absolute atomic E-state index is 14.8. The highest BCUT2D eigenvalue weighted by atomic mass is 16.6. The Morgan fingerprint density at radius 3 is 2.31 bits per heavy atom. The minimum Gasteiger partial charge on any atom is -0.415 e. The van der Waals surface area contributed by atoms with Crippen molar-refractivity contribution < 1.29 is 19.1 Å². The van der Waals surface area contributed by atoms with Gasteiger partial charge in [-0.3, -0.25) is 9.59 Å². The number of carbonyl (C=O) groups is 3. The number of allylic oxidation sites excluding steroid dienone is 2. The molecule has 1 aliphatic heterocycles. The van der Waals surface area contributed by atoms with Crippen molar-refractivity contribution in [2.45, 2.75) is 64.1 Å². The number of fused-ring (bicyclic) bond motifs is 1. The fourth-order valence-electron chi connectivity index (χ4n) is 6.26. The van der Waals surface area contributed by atoms with Gasteiger partial charge in [0.1, 0.15) is 5.76 Å². The van der Waals surface area contributed by atoms with Crippen molar-refractivity contribution in [1.29, 1.82) is 0 Å². The van der Waals surface area contributed by atoms with Gasteiger partial charge in [-0.25, -0.2) is 4.79 Å². The van der Waals surface area contributed by atoms with E-state index in [1.165, 1.54) is 4.90 Å². The van der Waals surface area contributed by atoms with E-state index in [-0.39, 0.29) is 24.2 Å². The summed E-state index contributed by atoms with van der Waals surface area (Å²) in [6, 6.07) is 22.8. The minimum atomic E-state index is -1.59. The molecule has 2 amide bonds. The number of nitrogens with two attached hydrogens (primary N) is 1. The van der Waals surface area contributed by atoms with Gasteiger partial charge in [-0.15, -0.1) is 0 Å². The lowest BCUT2D eigenvalue weighted by molar-refractivity contribution is -0.144. The van der Waals surface area contributed by atoms with E-state index in [4.69, 9.17) is 10.5 Å². The molecule has 1 heterocycles. The SMILES string of the molecule is C/C=C(/C)OC(=O)N(C)[C@H](Cc1ccc2ccccc2c1)C(=O)C(C)(N)[C@H](Cc1ccccc1)C(=O)N1CCC[C@H]1CN(C)C. The Morgan fingerprint density at radius 1 is 0.978 bits per heavy atom. The number of carbonyl (C=O) groups excluding carboxylic acids is 3. The van der Waals surface area contributed by atoms with E-state index in [0.717, 1.165) is 41.3 Å². The highest BCUT2D eigenvalue weighted by Crippen LogP contribution is 2.30. The maximum Gasteiger partial charge on any atom is 0.415 e. The van der Waals surface area contributed by atoms with Crippen molar-refractivity contribution in [2.24, 2.45) is 11.7 Å². The average Bonchev–Trinajstić information content (AvgIpc) is 3.49. The van der Waals surface area contributed by atoms with Gasteiger partial charge in [-0.1, -0.05) is 72.8 Å². The maximum atomic E-state index is 14.8. The molecule has 1 aliphatic rings. The first kappa shape index (κ1) is 33.9. The Labute approximate surface area is 267 Å². The predicted octanol–water partition coefficient (Wildman–Crippen LogP) is 5.44. The third-order valence-corrected chi connectivity index (χ3v) is 9.03. The van der Waals surface area contributed by atoms with Gasteiger partial charge in [0.15, 0.2) is 5.78 Å². The number of hydrogen-bond donors (Lipinski definition) is 1. The van der Waals surface area contributed by atoms with Crippen molar-refractivity contribution in [3.05, 3.63) is 95.8 Å². The smallest absolute Gasteiger partial charge is 0.415 e. The number of likely N-dealkylation sites (tertiary alicyclic amines) is 1. The van der Waals surface area contributed by atoms with Crippen LogP contribution in [0.5, 0.6) is 0 Å². The van der Waals surface area contributed by atoms with E-state index in [0.29, 0.717) is 18.7 Å². The van der Waals surface area contributed by atoms with E-state index in [1.807, 2.05) is 91.8 Å². The zero-order chi connectivity index (χ0) is 32.7. The summed E-state index contributed by atoms with van der Waals surface area (Å²) in [5, 5.41) is 2.11. The summed E-state index contributed by atoms with van der Waals surface area (Å²) in [5.41, 5.74) is 7.29. The van der Waals surface area contributed by atoms with Gasteiger partial charge in [0.25, 0.3) is 0 Å². The van der Waals surface area contributed by atoms with Crippen molar-refractivity contribution in [1.82, 2.24) is 14.7 Å². The van der Waals surface area contributed by atoms with E-state index in [9.17, 15) is 14.4 Å². The molecule has 45 heavy (non-hydrogen) atoms. The van der Waals surface area contributed by atoms with Crippen molar-refractivity contribution >= 4 is 28.6 Å². The molecule has 2 N–H and O–H groups in total. The molecular formula is C37H48N4O4. The fraction of sp³-hybridized carbons (Fsp3) is 0.432. The molecule has 8 nitrogen and oxygen atoms in total. The second-order valence-electron chi connectivity index (χ2n) is 12.8. The highest BCUT2D eigenvalue weighted by molar-refractivity contribution is 5.99. The van der Waals surface area contributed by atoms with Gasteiger partial charge in [0.05, 0.1) is 17.5 Å². The molecule has 4 rings (SSSR count). The van der Waals surface area contributed by atoms with Crippen LogP contribution >= 0.6 is 0 Å². The summed E-state index contributed by atoms with van der Waals surface area (Å²) in [5.74, 6) is -0.916. The molecule has 0 radical (unpaired) electrons. The van der Waals surface area contributed by atoms with Crippen LogP contribution in [0.4, 0.5) is 4.79 Å². The molecule has 1 fully saturated rings. The number of rotatable bonds is 12. The van der Waals surface area contributed by atoms with Gasteiger partial charge in [0.2, 0.25) is 5.91 Å². The van der Waals surface area contributed by atoms with E-state index in [2.05, 4.69) is 4.90 Å². The lowest BCUT2D eigenvalue weighted by atomic mass is 9.75. The molecule has 0 saturated carbocycles. The first-order valence-corrected chi connectivity index (χ1v) is 15.8. The number of Topliss-reactive ketones (excluding diaryl/α,β-unsaturated/α-hetero) is 1.